The zero-order chi connectivity index (χ0) is 24.4. The molecule has 3 aromatic carbocycles. The standard InChI is InChI=1S/C17H10NO.C11H8N.Ir/c1-2-9-15-13(6-1)17-12(7-5-10-16(17)19-15)14-8-3-4-11-18-14;1-2-6-10(7-3-1)11-8-4-5-9-12-11;/h1-6,8-11H;1-6,8-9H;/q2*-1;/i3D,4D,8D,11D;;. The maximum Gasteiger partial charge on any atom is 0.123 e. The number of para-hydroxylation sites is 1. The van der Waals surface area contributed by atoms with E-state index in [1.807, 2.05) is 66.7 Å². The van der Waals surface area contributed by atoms with E-state index in [1.165, 1.54) is 0 Å². The minimum Gasteiger partial charge on any atom is -0.476 e. The van der Waals surface area contributed by atoms with Crippen molar-refractivity contribution in [2.45, 2.75) is 0 Å². The van der Waals surface area contributed by atoms with Crippen molar-refractivity contribution in [1.29, 1.82) is 0 Å². The number of hydrogen-bond donors (Lipinski definition) is 0. The van der Waals surface area contributed by atoms with Crippen LogP contribution in [0.25, 0.3) is 44.5 Å². The van der Waals surface area contributed by atoms with Crippen molar-refractivity contribution < 1.29 is 30.0 Å². The Morgan fingerprint density at radius 1 is 0.750 bits per heavy atom. The Labute approximate surface area is 205 Å². The molecule has 0 aliphatic carbocycles. The molecule has 0 bridgehead atoms. The number of pyridine rings is 2. The summed E-state index contributed by atoms with van der Waals surface area (Å²) in [6.07, 6.45) is 1.47. The number of nitrogens with zero attached hydrogens (tertiary/aromatic N) is 2. The van der Waals surface area contributed by atoms with Crippen LogP contribution in [0.5, 0.6) is 0 Å². The fraction of sp³-hybridized carbons (Fsp3) is 0. The molecule has 0 saturated carbocycles. The first kappa shape index (κ1) is 17.0. The van der Waals surface area contributed by atoms with Gasteiger partial charge in [0.05, 0.1) is 11.1 Å². The fourth-order valence-electron chi connectivity index (χ4n) is 3.32. The molecule has 0 N–H and O–H groups in total. The zero-order valence-electron chi connectivity index (χ0n) is 20.7. The van der Waals surface area contributed by atoms with Crippen molar-refractivity contribution in [3.8, 4) is 22.5 Å². The van der Waals surface area contributed by atoms with E-state index in [0.29, 0.717) is 16.7 Å². The number of rotatable bonds is 2. The molecular weight excluding hydrogens is 573 g/mol. The topological polar surface area (TPSA) is 38.9 Å². The summed E-state index contributed by atoms with van der Waals surface area (Å²) in [7, 11) is 0. The Morgan fingerprint density at radius 3 is 2.47 bits per heavy atom. The number of benzene rings is 3. The Bertz CT molecular complexity index is 1600. The molecule has 3 heterocycles. The van der Waals surface area contributed by atoms with Crippen molar-refractivity contribution in [1.82, 2.24) is 9.97 Å². The van der Waals surface area contributed by atoms with Crippen LogP contribution in [0, 0.1) is 12.1 Å². The molecule has 6 aromatic rings. The average Bonchev–Trinajstić information content (AvgIpc) is 3.30. The van der Waals surface area contributed by atoms with Crippen LogP contribution in [-0.2, 0) is 20.1 Å². The largest absolute Gasteiger partial charge is 0.476 e. The summed E-state index contributed by atoms with van der Waals surface area (Å²) in [5, 5.41) is 1.61. The zero-order valence-corrected chi connectivity index (χ0v) is 19.1. The second-order valence-electron chi connectivity index (χ2n) is 6.63. The van der Waals surface area contributed by atoms with Crippen molar-refractivity contribution in [3.63, 3.8) is 0 Å². The van der Waals surface area contributed by atoms with E-state index in [-0.39, 0.29) is 50.1 Å². The molecule has 0 spiro atoms. The SMILES string of the molecule is [2H]c1nc(-c2[c-]ccc3oc4ccccc4c23)c([2H])c([2H])c1[2H].[Ir].[c-]1ccccc1-c1ccccn1. The smallest absolute Gasteiger partial charge is 0.123 e. The van der Waals surface area contributed by atoms with E-state index in [2.05, 4.69) is 22.1 Å². The van der Waals surface area contributed by atoms with Gasteiger partial charge in [0, 0.05) is 32.5 Å². The molecule has 157 valence electrons. The first-order valence-electron chi connectivity index (χ1n) is 11.7. The molecule has 0 atom stereocenters. The van der Waals surface area contributed by atoms with Crippen LogP contribution in [0.3, 0.4) is 0 Å². The second kappa shape index (κ2) is 10.1. The minimum atomic E-state index is -0.344. The van der Waals surface area contributed by atoms with Gasteiger partial charge in [0.25, 0.3) is 0 Å². The number of fused-ring (bicyclic) bond motifs is 3. The van der Waals surface area contributed by atoms with E-state index >= 15 is 0 Å². The summed E-state index contributed by atoms with van der Waals surface area (Å²) in [6, 6.07) is 30.0. The van der Waals surface area contributed by atoms with E-state index in [9.17, 15) is 0 Å². The summed E-state index contributed by atoms with van der Waals surface area (Å²) >= 11 is 0. The Morgan fingerprint density at radius 2 is 1.62 bits per heavy atom. The predicted octanol–water partition coefficient (Wildman–Crippen LogP) is 6.99. The molecule has 4 heteroatoms. The second-order valence-corrected chi connectivity index (χ2v) is 6.63. The number of furan rings is 1. The first-order valence-corrected chi connectivity index (χ1v) is 9.69. The maximum atomic E-state index is 8.10. The summed E-state index contributed by atoms with van der Waals surface area (Å²) < 4.78 is 37.1. The molecule has 6 rings (SSSR count). The van der Waals surface area contributed by atoms with E-state index in [4.69, 9.17) is 9.90 Å². The molecular formula is C28H18IrN2O-2. The van der Waals surface area contributed by atoms with Gasteiger partial charge >= 0.3 is 0 Å². The molecule has 0 unspecified atom stereocenters. The predicted molar refractivity (Wildman–Crippen MR) is 124 cm³/mol. The minimum absolute atomic E-state index is 0. The van der Waals surface area contributed by atoms with E-state index in [1.54, 1.807) is 18.3 Å². The van der Waals surface area contributed by atoms with Crippen molar-refractivity contribution in [2.75, 3.05) is 0 Å². The first-order chi connectivity index (χ1) is 17.0. The van der Waals surface area contributed by atoms with Gasteiger partial charge in [-0.15, -0.1) is 53.6 Å². The monoisotopic (exact) mass is 595 g/mol. The van der Waals surface area contributed by atoms with Crippen LogP contribution >= 0.6 is 0 Å². The Kier molecular flexibility index (Phi) is 5.40. The maximum absolute atomic E-state index is 8.10. The van der Waals surface area contributed by atoms with Gasteiger partial charge in [-0.2, -0.15) is 0 Å². The summed E-state index contributed by atoms with van der Waals surface area (Å²) in [6.45, 7) is 0. The van der Waals surface area contributed by atoms with Gasteiger partial charge in [-0.1, -0.05) is 53.9 Å². The molecule has 3 aromatic heterocycles. The summed E-state index contributed by atoms with van der Waals surface area (Å²) in [5.41, 5.74) is 4.04. The van der Waals surface area contributed by atoms with Gasteiger partial charge in [0.15, 0.2) is 0 Å². The molecule has 3 nitrogen and oxygen atoms in total. The van der Waals surface area contributed by atoms with Crippen molar-refractivity contribution in [3.05, 3.63) is 121 Å². The third-order valence-corrected chi connectivity index (χ3v) is 4.69. The van der Waals surface area contributed by atoms with Crippen LogP contribution in [0.2, 0.25) is 0 Å². The van der Waals surface area contributed by atoms with Gasteiger partial charge < -0.3 is 14.4 Å². The van der Waals surface area contributed by atoms with Crippen molar-refractivity contribution in [2.24, 2.45) is 0 Å². The Balaban J connectivity index is 0.000000198. The van der Waals surface area contributed by atoms with Gasteiger partial charge in [-0.25, -0.2) is 0 Å². The molecule has 0 aliphatic heterocycles. The molecule has 0 amide bonds. The number of aromatic nitrogens is 2. The molecule has 1 radical (unpaired) electrons. The summed E-state index contributed by atoms with van der Waals surface area (Å²) in [5.74, 6) is 0. The van der Waals surface area contributed by atoms with Crippen LogP contribution < -0.4 is 0 Å². The molecule has 32 heavy (non-hydrogen) atoms. The summed E-state index contributed by atoms with van der Waals surface area (Å²) in [4.78, 5) is 8.26. The van der Waals surface area contributed by atoms with Gasteiger partial charge in [-0.05, 0) is 34.9 Å². The fourth-order valence-corrected chi connectivity index (χ4v) is 3.32. The molecule has 0 aliphatic rings. The number of hydrogen-bond acceptors (Lipinski definition) is 3. The normalized spacial score (nSPS) is 12.0. The average molecular weight is 595 g/mol. The van der Waals surface area contributed by atoms with Gasteiger partial charge in [-0.3, -0.25) is 0 Å². The van der Waals surface area contributed by atoms with Gasteiger partial charge in [0.1, 0.15) is 5.58 Å². The Hall–Kier alpha value is -3.59. The van der Waals surface area contributed by atoms with E-state index < -0.39 is 0 Å². The molecule has 0 saturated heterocycles. The third-order valence-electron chi connectivity index (χ3n) is 4.69. The van der Waals surface area contributed by atoms with Crippen molar-refractivity contribution >= 4 is 21.9 Å². The van der Waals surface area contributed by atoms with Gasteiger partial charge in [0.2, 0.25) is 0 Å². The van der Waals surface area contributed by atoms with E-state index in [0.717, 1.165) is 22.0 Å². The van der Waals surface area contributed by atoms with Crippen LogP contribution in [0.4, 0.5) is 0 Å². The van der Waals surface area contributed by atoms with Crippen LogP contribution in [0.1, 0.15) is 5.48 Å². The van der Waals surface area contributed by atoms with Crippen LogP contribution in [0.15, 0.2) is 114 Å². The molecule has 0 fully saturated rings. The quantitative estimate of drug-likeness (QED) is 0.203. The third kappa shape index (κ3) is 4.52. The van der Waals surface area contributed by atoms with Crippen LogP contribution in [-0.4, -0.2) is 9.97 Å².